The van der Waals surface area contributed by atoms with E-state index in [0.29, 0.717) is 72.9 Å². The van der Waals surface area contributed by atoms with Crippen molar-refractivity contribution in [2.75, 3.05) is 44.8 Å². The van der Waals surface area contributed by atoms with Crippen molar-refractivity contribution in [1.82, 2.24) is 35.3 Å². The van der Waals surface area contributed by atoms with Crippen LogP contribution in [0.1, 0.15) is 92.5 Å². The molecule has 2 aliphatic heterocycles. The van der Waals surface area contributed by atoms with Gasteiger partial charge in [0.15, 0.2) is 16.5 Å². The van der Waals surface area contributed by atoms with E-state index >= 15 is 0 Å². The number of piperidine rings is 1. The Balaban J connectivity index is 0.948. The third kappa shape index (κ3) is 10.3. The number of fused-ring (bicyclic) bond motifs is 2. The van der Waals surface area contributed by atoms with Crippen LogP contribution < -0.4 is 15.4 Å². The molecule has 57 heavy (non-hydrogen) atoms. The molecule has 4 heterocycles. The summed E-state index contributed by atoms with van der Waals surface area (Å²) in [7, 11) is 0. The second-order valence-electron chi connectivity index (χ2n) is 16.1. The zero-order chi connectivity index (χ0) is 40.7. The van der Waals surface area contributed by atoms with Crippen LogP contribution in [0.3, 0.4) is 0 Å². The smallest absolute Gasteiger partial charge is 0.254 e. The number of nitrogens with zero attached hydrogens (tertiary/aromatic N) is 5. The summed E-state index contributed by atoms with van der Waals surface area (Å²) in [4.78, 5) is 49.3. The summed E-state index contributed by atoms with van der Waals surface area (Å²) >= 11 is -1.35. The van der Waals surface area contributed by atoms with Crippen LogP contribution in [0.5, 0.6) is 5.75 Å². The van der Waals surface area contributed by atoms with Crippen LogP contribution >= 0.6 is 0 Å². The number of benzene rings is 2. The number of aromatic amines is 1. The molecule has 0 aliphatic carbocycles. The standard InChI is InChI=1S/C42H56N8O6S/c1-27(12-13-38(52)45-26-51)50-23-34-31(9-7-11-32(34)41(50)53)10-8-19-55-20-18-49-16-14-30(15-17-49)24-56-36-22-35-33(21-37(36)57(54)42(4,5)6)40(44-25-43-35)46-39-28(2)29(3)47-48-39/h7,9,11,21-22,25-27,30H,8,10,12-20,23-24H2,1-6H3,(H,45,51,52)(H2,43,44,46,47,48). The molecule has 2 aliphatic rings. The Bertz CT molecular complexity index is 2040. The van der Waals surface area contributed by atoms with Gasteiger partial charge in [0.25, 0.3) is 5.91 Å². The number of hydrogen-bond acceptors (Lipinski definition) is 11. The number of anilines is 2. The fourth-order valence-electron chi connectivity index (χ4n) is 7.36. The quantitative estimate of drug-likeness (QED) is 0.0634. The maximum atomic E-state index is 13.8. The third-order valence-corrected chi connectivity index (χ3v) is 12.9. The minimum absolute atomic E-state index is 0.00823. The van der Waals surface area contributed by atoms with Gasteiger partial charge in [-0.2, -0.15) is 5.10 Å². The molecular weight excluding hydrogens is 745 g/mol. The number of likely N-dealkylation sites (tertiary alicyclic amines) is 1. The number of aromatic nitrogens is 4. The fraction of sp³-hybridized carbons (Fsp3) is 0.524. The van der Waals surface area contributed by atoms with Crippen molar-refractivity contribution in [3.63, 3.8) is 0 Å². The normalized spacial score (nSPS) is 16.1. The Hall–Kier alpha value is -4.57. The maximum absolute atomic E-state index is 13.8. The summed E-state index contributed by atoms with van der Waals surface area (Å²) in [6, 6.07) is 9.58. The van der Waals surface area contributed by atoms with Gasteiger partial charge in [-0.1, -0.05) is 12.1 Å². The number of rotatable bonds is 18. The highest BCUT2D eigenvalue weighted by molar-refractivity contribution is 7.92. The topological polar surface area (TPSA) is 178 Å². The van der Waals surface area contributed by atoms with Crippen molar-refractivity contribution in [2.45, 2.75) is 102 Å². The lowest BCUT2D eigenvalue weighted by molar-refractivity contribution is -0.125. The average Bonchev–Trinajstić information content (AvgIpc) is 3.71. The molecule has 2 unspecified atom stereocenters. The molecule has 2 aromatic carbocycles. The zero-order valence-corrected chi connectivity index (χ0v) is 34.8. The number of imide groups is 1. The Morgan fingerprint density at radius 1 is 1.14 bits per heavy atom. The van der Waals surface area contributed by atoms with E-state index in [4.69, 9.17) is 9.47 Å². The van der Waals surface area contributed by atoms with Gasteiger partial charge in [0.1, 0.15) is 16.9 Å². The van der Waals surface area contributed by atoms with E-state index in [-0.39, 0.29) is 24.3 Å². The highest BCUT2D eigenvalue weighted by atomic mass is 32.2. The summed E-state index contributed by atoms with van der Waals surface area (Å²) in [5, 5.41) is 13.6. The summed E-state index contributed by atoms with van der Waals surface area (Å²) in [6.45, 7) is 17.0. The van der Waals surface area contributed by atoms with Gasteiger partial charge >= 0.3 is 0 Å². The third-order valence-electron chi connectivity index (χ3n) is 11.0. The first-order valence-electron chi connectivity index (χ1n) is 19.9. The zero-order valence-electron chi connectivity index (χ0n) is 34.0. The van der Waals surface area contributed by atoms with Gasteiger partial charge in [0.05, 0.1) is 18.7 Å². The number of H-pyrrole nitrogens is 1. The predicted octanol–water partition coefficient (Wildman–Crippen LogP) is 5.76. The molecule has 1 saturated heterocycles. The first-order valence-corrected chi connectivity index (χ1v) is 21.1. The highest BCUT2D eigenvalue weighted by Gasteiger charge is 2.34. The number of aryl methyl sites for hydroxylation is 2. The molecule has 3 N–H and O–H groups in total. The number of nitrogens with one attached hydrogen (secondary N) is 3. The SMILES string of the molecule is Cc1[nH]nc(Nc2ncnc3cc(OCC4CCN(CCOCCCc5cccc6c5CN(C(C)CCC(=O)NC=O)C6=O)CC4)c([S+]([O-])C(C)(C)C)cc23)c1C. The molecule has 0 spiro atoms. The first-order chi connectivity index (χ1) is 27.3. The van der Waals surface area contributed by atoms with Gasteiger partial charge in [-0.05, 0) is 121 Å². The largest absolute Gasteiger partial charge is 0.611 e. The number of hydrogen-bond donors (Lipinski definition) is 3. The van der Waals surface area contributed by atoms with Crippen LogP contribution in [0.4, 0.5) is 11.6 Å². The molecule has 15 heteroatoms. The van der Waals surface area contributed by atoms with Gasteiger partial charge in [-0.25, -0.2) is 9.97 Å². The van der Waals surface area contributed by atoms with Crippen molar-refractivity contribution in [3.8, 4) is 5.75 Å². The molecule has 0 radical (unpaired) electrons. The lowest BCUT2D eigenvalue weighted by atomic mass is 9.98. The molecule has 0 bridgehead atoms. The second kappa shape index (κ2) is 18.8. The molecule has 3 amide bonds. The Morgan fingerprint density at radius 2 is 1.93 bits per heavy atom. The fourth-order valence-corrected chi connectivity index (χ4v) is 8.54. The van der Waals surface area contributed by atoms with Crippen molar-refractivity contribution in [3.05, 3.63) is 64.6 Å². The van der Waals surface area contributed by atoms with Crippen LogP contribution in [-0.2, 0) is 38.5 Å². The van der Waals surface area contributed by atoms with E-state index in [2.05, 4.69) is 41.8 Å². The minimum atomic E-state index is -1.35. The lowest BCUT2D eigenvalue weighted by Crippen LogP contribution is -2.37. The van der Waals surface area contributed by atoms with Gasteiger partial charge in [0.2, 0.25) is 12.3 Å². The number of ether oxygens (including phenoxy) is 2. The van der Waals surface area contributed by atoms with Crippen LogP contribution in [0.15, 0.2) is 41.6 Å². The molecule has 2 atom stereocenters. The van der Waals surface area contributed by atoms with Gasteiger partial charge in [-0.3, -0.25) is 24.8 Å². The van der Waals surface area contributed by atoms with Crippen LogP contribution in [0, 0.1) is 19.8 Å². The summed E-state index contributed by atoms with van der Waals surface area (Å²) < 4.78 is 25.9. The Labute approximate surface area is 338 Å². The molecule has 14 nitrogen and oxygen atoms in total. The summed E-state index contributed by atoms with van der Waals surface area (Å²) in [5.41, 5.74) is 5.63. The number of carbonyl (C=O) groups excluding carboxylic acids is 3. The van der Waals surface area contributed by atoms with Gasteiger partial charge < -0.3 is 29.1 Å². The lowest BCUT2D eigenvalue weighted by Gasteiger charge is -2.32. The van der Waals surface area contributed by atoms with E-state index in [1.54, 1.807) is 0 Å². The van der Waals surface area contributed by atoms with Crippen LogP contribution in [-0.4, -0.2) is 103 Å². The van der Waals surface area contributed by atoms with Gasteiger partial charge in [0, 0.05) is 66.5 Å². The minimum Gasteiger partial charge on any atom is -0.611 e. The Kier molecular flexibility index (Phi) is 13.9. The molecule has 4 aromatic rings. The van der Waals surface area contributed by atoms with Crippen molar-refractivity contribution >= 4 is 51.9 Å². The molecular formula is C42H56N8O6S. The average molecular weight is 801 g/mol. The highest BCUT2D eigenvalue weighted by Crippen LogP contribution is 2.38. The van der Waals surface area contributed by atoms with Crippen molar-refractivity contribution in [1.29, 1.82) is 0 Å². The molecule has 1 fully saturated rings. The van der Waals surface area contributed by atoms with E-state index < -0.39 is 15.9 Å². The van der Waals surface area contributed by atoms with E-state index in [1.807, 2.05) is 70.7 Å². The van der Waals surface area contributed by atoms with E-state index in [0.717, 1.165) is 78.7 Å². The van der Waals surface area contributed by atoms with Gasteiger partial charge in [-0.15, -0.1) is 0 Å². The van der Waals surface area contributed by atoms with Crippen molar-refractivity contribution in [2.24, 2.45) is 5.92 Å². The van der Waals surface area contributed by atoms with E-state index in [1.165, 1.54) is 6.33 Å². The van der Waals surface area contributed by atoms with E-state index in [9.17, 15) is 18.9 Å². The molecule has 306 valence electrons. The second-order valence-corrected chi connectivity index (χ2v) is 18.3. The monoisotopic (exact) mass is 800 g/mol. The molecule has 6 rings (SSSR count). The maximum Gasteiger partial charge on any atom is 0.254 e. The summed E-state index contributed by atoms with van der Waals surface area (Å²) in [5.74, 6) is 1.91. The summed E-state index contributed by atoms with van der Waals surface area (Å²) in [6.07, 6.45) is 6.27. The van der Waals surface area contributed by atoms with Crippen molar-refractivity contribution < 1.29 is 28.4 Å². The predicted molar refractivity (Wildman–Crippen MR) is 220 cm³/mol. The van der Waals surface area contributed by atoms with Crippen LogP contribution in [0.25, 0.3) is 10.9 Å². The first kappa shape index (κ1) is 42.0. The number of amides is 3. The molecule has 2 aromatic heterocycles. The number of carbonyl (C=O) groups is 3. The molecule has 0 saturated carbocycles. The van der Waals surface area contributed by atoms with Crippen LogP contribution in [0.2, 0.25) is 0 Å². The Morgan fingerprint density at radius 3 is 2.65 bits per heavy atom.